The van der Waals surface area contributed by atoms with E-state index < -0.39 is 0 Å². The number of hydrogen-bond acceptors (Lipinski definition) is 3. The Morgan fingerprint density at radius 1 is 1.54 bits per heavy atom. The number of rotatable bonds is 6. The minimum Gasteiger partial charge on any atom is -0.356 e. The van der Waals surface area contributed by atoms with Crippen LogP contribution in [0.1, 0.15) is 26.7 Å². The third kappa shape index (κ3) is 6.12. The van der Waals surface area contributed by atoms with Gasteiger partial charge in [0.1, 0.15) is 6.04 Å². The fourth-order valence-corrected chi connectivity index (χ4v) is 0.932. The lowest BCUT2D eigenvalue weighted by Crippen LogP contribution is -2.34. The van der Waals surface area contributed by atoms with Crippen molar-refractivity contribution in [3.8, 4) is 6.07 Å². The van der Waals surface area contributed by atoms with Crippen LogP contribution in [-0.2, 0) is 4.79 Å². The molecule has 0 aromatic rings. The standard InChI is InChI=1S/C9H17N3O/c1-3-5-12-9(13)6-8(7-10)11-4-2/h8,11H,3-6H2,1-2H3,(H,12,13). The highest BCUT2D eigenvalue weighted by Crippen LogP contribution is 1.89. The molecule has 0 aliphatic carbocycles. The van der Waals surface area contributed by atoms with Gasteiger partial charge in [0.25, 0.3) is 0 Å². The number of nitrogens with one attached hydrogen (secondary N) is 2. The van der Waals surface area contributed by atoms with Crippen LogP contribution < -0.4 is 10.6 Å². The van der Waals surface area contributed by atoms with E-state index >= 15 is 0 Å². The lowest BCUT2D eigenvalue weighted by atomic mass is 10.2. The van der Waals surface area contributed by atoms with E-state index in [1.165, 1.54) is 0 Å². The van der Waals surface area contributed by atoms with Crippen LogP contribution >= 0.6 is 0 Å². The minimum atomic E-state index is -0.359. The maximum absolute atomic E-state index is 11.1. The Bertz CT molecular complexity index is 186. The summed E-state index contributed by atoms with van der Waals surface area (Å²) in [4.78, 5) is 11.1. The molecule has 0 aromatic heterocycles. The predicted octanol–water partition coefficient (Wildman–Crippen LogP) is 0.404. The first kappa shape index (κ1) is 11.9. The van der Waals surface area contributed by atoms with E-state index in [-0.39, 0.29) is 18.4 Å². The van der Waals surface area contributed by atoms with Crippen molar-refractivity contribution in [3.63, 3.8) is 0 Å². The molecule has 0 rings (SSSR count). The van der Waals surface area contributed by atoms with Crippen LogP contribution in [0.4, 0.5) is 0 Å². The summed E-state index contributed by atoms with van der Waals surface area (Å²) >= 11 is 0. The minimum absolute atomic E-state index is 0.0608. The summed E-state index contributed by atoms with van der Waals surface area (Å²) in [6.45, 7) is 5.29. The van der Waals surface area contributed by atoms with E-state index in [1.807, 2.05) is 19.9 Å². The van der Waals surface area contributed by atoms with Gasteiger partial charge >= 0.3 is 0 Å². The first-order chi connectivity index (χ1) is 6.24. The molecule has 4 heteroatoms. The molecule has 74 valence electrons. The molecule has 0 bridgehead atoms. The SMILES string of the molecule is CCCNC(=O)CC(C#N)NCC. The van der Waals surface area contributed by atoms with Gasteiger partial charge in [-0.2, -0.15) is 5.26 Å². The molecule has 1 amide bonds. The Hall–Kier alpha value is -1.08. The third-order valence-electron chi connectivity index (χ3n) is 1.57. The Morgan fingerprint density at radius 3 is 2.69 bits per heavy atom. The van der Waals surface area contributed by atoms with E-state index in [2.05, 4.69) is 10.6 Å². The molecule has 4 nitrogen and oxygen atoms in total. The summed E-state index contributed by atoms with van der Waals surface area (Å²) in [5.41, 5.74) is 0. The van der Waals surface area contributed by atoms with E-state index in [1.54, 1.807) is 0 Å². The highest BCUT2D eigenvalue weighted by Gasteiger charge is 2.10. The zero-order valence-corrected chi connectivity index (χ0v) is 8.26. The molecule has 2 N–H and O–H groups in total. The number of hydrogen-bond donors (Lipinski definition) is 2. The molecule has 0 saturated carbocycles. The summed E-state index contributed by atoms with van der Waals surface area (Å²) < 4.78 is 0. The van der Waals surface area contributed by atoms with Gasteiger partial charge in [0.15, 0.2) is 0 Å². The van der Waals surface area contributed by atoms with Gasteiger partial charge in [-0.3, -0.25) is 4.79 Å². The molecule has 0 aromatic carbocycles. The smallest absolute Gasteiger partial charge is 0.222 e. The number of carbonyl (C=O) groups excluding carboxylic acids is 1. The van der Waals surface area contributed by atoms with Gasteiger partial charge in [0.2, 0.25) is 5.91 Å². The van der Waals surface area contributed by atoms with Crippen LogP contribution in [0.15, 0.2) is 0 Å². The fraction of sp³-hybridized carbons (Fsp3) is 0.778. The van der Waals surface area contributed by atoms with Crippen molar-refractivity contribution in [2.24, 2.45) is 0 Å². The molecule has 0 fully saturated rings. The van der Waals surface area contributed by atoms with E-state index in [0.29, 0.717) is 13.1 Å². The Labute approximate surface area is 79.3 Å². The quantitative estimate of drug-likeness (QED) is 0.626. The van der Waals surface area contributed by atoms with Crippen LogP contribution in [0.3, 0.4) is 0 Å². The molecule has 0 saturated heterocycles. The summed E-state index contributed by atoms with van der Waals surface area (Å²) in [6, 6.07) is 1.68. The second-order valence-corrected chi connectivity index (χ2v) is 2.79. The first-order valence-corrected chi connectivity index (χ1v) is 4.64. The first-order valence-electron chi connectivity index (χ1n) is 4.64. The van der Waals surface area contributed by atoms with Crippen LogP contribution in [0.5, 0.6) is 0 Å². The molecular formula is C9H17N3O. The molecule has 1 unspecified atom stereocenters. The number of amides is 1. The van der Waals surface area contributed by atoms with Crippen LogP contribution in [0.2, 0.25) is 0 Å². The van der Waals surface area contributed by atoms with Crippen molar-refractivity contribution in [3.05, 3.63) is 0 Å². The number of carbonyl (C=O) groups is 1. The maximum Gasteiger partial charge on any atom is 0.222 e. The van der Waals surface area contributed by atoms with Crippen molar-refractivity contribution in [1.29, 1.82) is 5.26 Å². The average Bonchev–Trinajstić information content (AvgIpc) is 2.14. The van der Waals surface area contributed by atoms with Gasteiger partial charge < -0.3 is 10.6 Å². The van der Waals surface area contributed by atoms with Crippen LogP contribution in [-0.4, -0.2) is 25.0 Å². The molecule has 0 heterocycles. The van der Waals surface area contributed by atoms with Crippen molar-refractivity contribution in [1.82, 2.24) is 10.6 Å². The average molecular weight is 183 g/mol. The molecule has 13 heavy (non-hydrogen) atoms. The molecule has 0 spiro atoms. The zero-order chi connectivity index (χ0) is 10.1. The summed E-state index contributed by atoms with van der Waals surface area (Å²) in [5, 5.41) is 14.3. The summed E-state index contributed by atoms with van der Waals surface area (Å²) in [6.07, 6.45) is 1.16. The Morgan fingerprint density at radius 2 is 2.23 bits per heavy atom. The van der Waals surface area contributed by atoms with Gasteiger partial charge in [-0.05, 0) is 13.0 Å². The zero-order valence-electron chi connectivity index (χ0n) is 8.26. The number of nitriles is 1. The van der Waals surface area contributed by atoms with Crippen molar-refractivity contribution in [2.45, 2.75) is 32.7 Å². The normalized spacial score (nSPS) is 11.8. The second kappa shape index (κ2) is 7.56. The van der Waals surface area contributed by atoms with Gasteiger partial charge in [0, 0.05) is 6.54 Å². The largest absolute Gasteiger partial charge is 0.356 e. The predicted molar refractivity (Wildman–Crippen MR) is 51.0 cm³/mol. The summed E-state index contributed by atoms with van der Waals surface area (Å²) in [5.74, 6) is -0.0608. The van der Waals surface area contributed by atoms with Crippen molar-refractivity contribution in [2.75, 3.05) is 13.1 Å². The van der Waals surface area contributed by atoms with Gasteiger partial charge in [-0.1, -0.05) is 13.8 Å². The van der Waals surface area contributed by atoms with Gasteiger partial charge in [-0.25, -0.2) is 0 Å². The van der Waals surface area contributed by atoms with E-state index in [0.717, 1.165) is 6.42 Å². The molecule has 0 aliphatic heterocycles. The van der Waals surface area contributed by atoms with Crippen LogP contribution in [0, 0.1) is 11.3 Å². The van der Waals surface area contributed by atoms with Crippen molar-refractivity contribution >= 4 is 5.91 Å². The van der Waals surface area contributed by atoms with Gasteiger partial charge in [-0.15, -0.1) is 0 Å². The monoisotopic (exact) mass is 183 g/mol. The van der Waals surface area contributed by atoms with Crippen LogP contribution in [0.25, 0.3) is 0 Å². The van der Waals surface area contributed by atoms with E-state index in [4.69, 9.17) is 5.26 Å². The third-order valence-corrected chi connectivity index (χ3v) is 1.57. The second-order valence-electron chi connectivity index (χ2n) is 2.79. The fourth-order valence-electron chi connectivity index (χ4n) is 0.932. The Balaban J connectivity index is 3.68. The molecular weight excluding hydrogens is 166 g/mol. The molecule has 0 aliphatic rings. The lowest BCUT2D eigenvalue weighted by molar-refractivity contribution is -0.121. The van der Waals surface area contributed by atoms with Gasteiger partial charge in [0.05, 0.1) is 12.5 Å². The van der Waals surface area contributed by atoms with E-state index in [9.17, 15) is 4.79 Å². The van der Waals surface area contributed by atoms with Crippen molar-refractivity contribution < 1.29 is 4.79 Å². The highest BCUT2D eigenvalue weighted by atomic mass is 16.1. The molecule has 0 radical (unpaired) electrons. The molecule has 1 atom stereocenters. The Kier molecular flexibility index (Phi) is 6.93. The topological polar surface area (TPSA) is 64.9 Å². The summed E-state index contributed by atoms with van der Waals surface area (Å²) in [7, 11) is 0. The maximum atomic E-state index is 11.1. The lowest BCUT2D eigenvalue weighted by Gasteiger charge is -2.09. The number of nitrogens with zero attached hydrogens (tertiary/aromatic N) is 1. The highest BCUT2D eigenvalue weighted by molar-refractivity contribution is 5.76.